The summed E-state index contributed by atoms with van der Waals surface area (Å²) in [5.41, 5.74) is 1.01. The highest BCUT2D eigenvalue weighted by atomic mass is 16.5. The van der Waals surface area contributed by atoms with Crippen molar-refractivity contribution in [3.8, 4) is 5.88 Å². The van der Waals surface area contributed by atoms with E-state index in [9.17, 15) is 0 Å². The van der Waals surface area contributed by atoms with Gasteiger partial charge in [0.25, 0.3) is 0 Å². The summed E-state index contributed by atoms with van der Waals surface area (Å²) in [6, 6.07) is 4.54. The Morgan fingerprint density at radius 3 is 3.00 bits per heavy atom. The molecule has 0 spiro atoms. The molecule has 3 heteroatoms. The summed E-state index contributed by atoms with van der Waals surface area (Å²) in [6.45, 7) is 2.31. The van der Waals surface area contributed by atoms with Gasteiger partial charge in [-0.15, -0.1) is 0 Å². The van der Waals surface area contributed by atoms with Crippen LogP contribution < -0.4 is 10.1 Å². The summed E-state index contributed by atoms with van der Waals surface area (Å²) >= 11 is 0. The van der Waals surface area contributed by atoms with Gasteiger partial charge in [-0.25, -0.2) is 4.98 Å². The van der Waals surface area contributed by atoms with Gasteiger partial charge in [0.2, 0.25) is 5.88 Å². The van der Waals surface area contributed by atoms with E-state index in [-0.39, 0.29) is 0 Å². The molecular formula is C12H18N2O. The molecule has 0 bridgehead atoms. The van der Waals surface area contributed by atoms with Gasteiger partial charge in [-0.2, -0.15) is 0 Å². The van der Waals surface area contributed by atoms with Gasteiger partial charge < -0.3 is 10.1 Å². The quantitative estimate of drug-likeness (QED) is 0.825. The zero-order valence-corrected chi connectivity index (χ0v) is 9.36. The van der Waals surface area contributed by atoms with E-state index in [4.69, 9.17) is 4.74 Å². The predicted octanol–water partition coefficient (Wildman–Crippen LogP) is 2.69. The highest BCUT2D eigenvalue weighted by Gasteiger charge is 2.21. The van der Waals surface area contributed by atoms with Crippen molar-refractivity contribution in [1.82, 2.24) is 4.98 Å². The molecule has 1 aromatic heterocycles. The minimum atomic E-state index is 0.582. The van der Waals surface area contributed by atoms with E-state index in [2.05, 4.69) is 17.2 Å². The molecule has 0 radical (unpaired) electrons. The maximum Gasteiger partial charge on any atom is 0.237 e. The van der Waals surface area contributed by atoms with Gasteiger partial charge in [-0.3, -0.25) is 0 Å². The Hall–Kier alpha value is -1.25. The standard InChI is InChI=1S/C12H18N2O/c1-9-5-6-10(8-9)14-11-4-3-7-13-12(11)15-2/h3-4,7,9-10,14H,5-6,8H2,1-2H3/t9-,10-/m0/s1. The van der Waals surface area contributed by atoms with E-state index in [0.29, 0.717) is 11.9 Å². The first-order chi connectivity index (χ1) is 7.29. The maximum absolute atomic E-state index is 5.21. The highest BCUT2D eigenvalue weighted by molar-refractivity contribution is 5.52. The summed E-state index contributed by atoms with van der Waals surface area (Å²) < 4.78 is 5.21. The Balaban J connectivity index is 2.04. The van der Waals surface area contributed by atoms with Crippen LogP contribution in [0.3, 0.4) is 0 Å². The number of ether oxygens (including phenoxy) is 1. The molecule has 1 saturated carbocycles. The number of nitrogens with zero attached hydrogens (tertiary/aromatic N) is 1. The van der Waals surface area contributed by atoms with Crippen molar-refractivity contribution in [3.05, 3.63) is 18.3 Å². The van der Waals surface area contributed by atoms with Crippen LogP contribution in [0.15, 0.2) is 18.3 Å². The Bertz CT molecular complexity index is 327. The number of pyridine rings is 1. The van der Waals surface area contributed by atoms with Crippen LogP contribution in [0.4, 0.5) is 5.69 Å². The van der Waals surface area contributed by atoms with Crippen LogP contribution in [0.25, 0.3) is 0 Å². The Morgan fingerprint density at radius 2 is 2.33 bits per heavy atom. The average molecular weight is 206 g/mol. The lowest BCUT2D eigenvalue weighted by Gasteiger charge is -2.15. The topological polar surface area (TPSA) is 34.1 Å². The van der Waals surface area contributed by atoms with Crippen LogP contribution in [0, 0.1) is 5.92 Å². The predicted molar refractivity (Wildman–Crippen MR) is 61.2 cm³/mol. The monoisotopic (exact) mass is 206 g/mol. The zero-order chi connectivity index (χ0) is 10.7. The van der Waals surface area contributed by atoms with Gasteiger partial charge in [0, 0.05) is 12.2 Å². The van der Waals surface area contributed by atoms with Crippen LogP contribution in [0.1, 0.15) is 26.2 Å². The van der Waals surface area contributed by atoms with E-state index in [1.165, 1.54) is 19.3 Å². The number of aromatic nitrogens is 1. The molecule has 3 nitrogen and oxygen atoms in total. The van der Waals surface area contributed by atoms with Gasteiger partial charge in [-0.1, -0.05) is 6.92 Å². The second-order valence-electron chi connectivity index (χ2n) is 4.32. The van der Waals surface area contributed by atoms with Gasteiger partial charge >= 0.3 is 0 Å². The molecule has 1 N–H and O–H groups in total. The van der Waals surface area contributed by atoms with E-state index >= 15 is 0 Å². The fourth-order valence-electron chi connectivity index (χ4n) is 2.22. The lowest BCUT2D eigenvalue weighted by molar-refractivity contribution is 0.399. The first kappa shape index (κ1) is 10.3. The molecule has 0 unspecified atom stereocenters. The third-order valence-corrected chi connectivity index (χ3v) is 3.02. The van der Waals surface area contributed by atoms with Gasteiger partial charge in [-0.05, 0) is 37.3 Å². The number of methoxy groups -OCH3 is 1. The molecule has 2 rings (SSSR count). The van der Waals surface area contributed by atoms with Crippen molar-refractivity contribution in [3.63, 3.8) is 0 Å². The summed E-state index contributed by atoms with van der Waals surface area (Å²) in [4.78, 5) is 4.17. The number of anilines is 1. The van der Waals surface area contributed by atoms with Crippen LogP contribution >= 0.6 is 0 Å². The molecule has 0 saturated heterocycles. The second-order valence-corrected chi connectivity index (χ2v) is 4.32. The largest absolute Gasteiger partial charge is 0.480 e. The second kappa shape index (κ2) is 4.51. The minimum Gasteiger partial charge on any atom is -0.480 e. The minimum absolute atomic E-state index is 0.582. The van der Waals surface area contributed by atoms with E-state index in [0.717, 1.165) is 11.6 Å². The molecule has 1 aliphatic rings. The van der Waals surface area contributed by atoms with Gasteiger partial charge in [0.15, 0.2) is 0 Å². The van der Waals surface area contributed by atoms with Crippen molar-refractivity contribution in [2.75, 3.05) is 12.4 Å². The third-order valence-electron chi connectivity index (χ3n) is 3.02. The van der Waals surface area contributed by atoms with Crippen molar-refractivity contribution in [2.24, 2.45) is 5.92 Å². The number of rotatable bonds is 3. The molecule has 15 heavy (non-hydrogen) atoms. The normalized spacial score (nSPS) is 25.2. The molecule has 1 aromatic rings. The van der Waals surface area contributed by atoms with Crippen LogP contribution in [-0.2, 0) is 0 Å². The molecular weight excluding hydrogens is 188 g/mol. The molecule has 1 fully saturated rings. The van der Waals surface area contributed by atoms with Gasteiger partial charge in [0.05, 0.1) is 12.8 Å². The summed E-state index contributed by atoms with van der Waals surface area (Å²) in [5.74, 6) is 1.53. The fourth-order valence-corrected chi connectivity index (χ4v) is 2.22. The van der Waals surface area contributed by atoms with Crippen molar-refractivity contribution in [1.29, 1.82) is 0 Å². The molecule has 0 aromatic carbocycles. The fraction of sp³-hybridized carbons (Fsp3) is 0.583. The smallest absolute Gasteiger partial charge is 0.237 e. The van der Waals surface area contributed by atoms with E-state index < -0.39 is 0 Å². The molecule has 1 aliphatic carbocycles. The van der Waals surface area contributed by atoms with Crippen molar-refractivity contribution in [2.45, 2.75) is 32.2 Å². The number of nitrogens with one attached hydrogen (secondary N) is 1. The van der Waals surface area contributed by atoms with Crippen molar-refractivity contribution >= 4 is 5.69 Å². The molecule has 82 valence electrons. The summed E-state index contributed by atoms with van der Waals surface area (Å²) in [5, 5.41) is 3.50. The Kier molecular flexibility index (Phi) is 3.09. The lowest BCUT2D eigenvalue weighted by atomic mass is 10.1. The lowest BCUT2D eigenvalue weighted by Crippen LogP contribution is -2.16. The van der Waals surface area contributed by atoms with Crippen LogP contribution in [-0.4, -0.2) is 18.1 Å². The summed E-state index contributed by atoms with van der Waals surface area (Å²) in [6.07, 6.45) is 5.57. The SMILES string of the molecule is COc1ncccc1N[C@H]1CC[C@H](C)C1. The van der Waals surface area contributed by atoms with Crippen molar-refractivity contribution < 1.29 is 4.74 Å². The number of hydrogen-bond acceptors (Lipinski definition) is 3. The molecule has 1 heterocycles. The van der Waals surface area contributed by atoms with E-state index in [1.54, 1.807) is 13.3 Å². The van der Waals surface area contributed by atoms with E-state index in [1.807, 2.05) is 12.1 Å². The highest BCUT2D eigenvalue weighted by Crippen LogP contribution is 2.29. The molecule has 0 aliphatic heterocycles. The van der Waals surface area contributed by atoms with Crippen LogP contribution in [0.5, 0.6) is 5.88 Å². The Labute approximate surface area is 90.9 Å². The zero-order valence-electron chi connectivity index (χ0n) is 9.36. The van der Waals surface area contributed by atoms with Gasteiger partial charge in [0.1, 0.15) is 0 Å². The Morgan fingerprint density at radius 1 is 1.47 bits per heavy atom. The average Bonchev–Trinajstić information content (AvgIpc) is 2.65. The third kappa shape index (κ3) is 2.41. The van der Waals surface area contributed by atoms with Crippen LogP contribution in [0.2, 0.25) is 0 Å². The summed E-state index contributed by atoms with van der Waals surface area (Å²) in [7, 11) is 1.66. The first-order valence-corrected chi connectivity index (χ1v) is 5.55. The molecule has 2 atom stereocenters. The maximum atomic E-state index is 5.21. The number of hydrogen-bond donors (Lipinski definition) is 1. The molecule has 0 amide bonds. The first-order valence-electron chi connectivity index (χ1n) is 5.55.